The summed E-state index contributed by atoms with van der Waals surface area (Å²) in [6, 6.07) is 5.30. The number of urea groups is 1. The van der Waals surface area contributed by atoms with E-state index in [1.54, 1.807) is 26.0 Å². The monoisotopic (exact) mass is 395 g/mol. The molecule has 3 aliphatic rings. The van der Waals surface area contributed by atoms with Crippen molar-refractivity contribution < 1.29 is 19.1 Å². The fourth-order valence-corrected chi connectivity index (χ4v) is 3.83. The predicted molar refractivity (Wildman–Crippen MR) is 109 cm³/mol. The topological polar surface area (TPSA) is 80.2 Å². The Kier molecular flexibility index (Phi) is 4.68. The Labute approximate surface area is 170 Å². The minimum absolute atomic E-state index is 0.268. The number of ether oxygens (including phenoxy) is 2. The van der Waals surface area contributed by atoms with Gasteiger partial charge in [0, 0.05) is 23.3 Å². The van der Waals surface area contributed by atoms with E-state index >= 15 is 0 Å². The largest absolute Gasteiger partial charge is 0.493 e. The molecule has 2 fully saturated rings. The molecule has 2 unspecified atom stereocenters. The summed E-state index contributed by atoms with van der Waals surface area (Å²) in [7, 11) is 0. The highest BCUT2D eigenvalue weighted by molar-refractivity contribution is 6.08. The van der Waals surface area contributed by atoms with Gasteiger partial charge in [0.15, 0.2) is 0 Å². The van der Waals surface area contributed by atoms with Crippen LogP contribution < -0.4 is 14.8 Å². The number of hydrogen-bond donors (Lipinski definition) is 1. The third kappa shape index (κ3) is 3.30. The Morgan fingerprint density at radius 1 is 1.45 bits per heavy atom. The lowest BCUT2D eigenvalue weighted by Crippen LogP contribution is -2.42. The van der Waals surface area contributed by atoms with Gasteiger partial charge in [-0.1, -0.05) is 13.0 Å². The number of fused-ring (bicyclic) bond motifs is 3. The first-order chi connectivity index (χ1) is 13.9. The molecular formula is C22H25N3O4. The molecule has 7 nitrogen and oxygen atoms in total. The number of hydrogen-bond acceptors (Lipinski definition) is 5. The van der Waals surface area contributed by atoms with Gasteiger partial charge in [-0.2, -0.15) is 0 Å². The summed E-state index contributed by atoms with van der Waals surface area (Å²) in [6.45, 7) is 9.62. The van der Waals surface area contributed by atoms with E-state index in [2.05, 4.69) is 17.0 Å². The van der Waals surface area contributed by atoms with Crippen molar-refractivity contribution in [1.29, 1.82) is 0 Å². The minimum Gasteiger partial charge on any atom is -0.493 e. The number of carbonyl (C=O) groups excluding carboxylic acids is 2. The molecule has 1 N–H and O–H groups in total. The van der Waals surface area contributed by atoms with Crippen LogP contribution in [0, 0.1) is 5.92 Å². The van der Waals surface area contributed by atoms with Crippen molar-refractivity contribution in [2.45, 2.75) is 45.1 Å². The fraction of sp³-hybridized carbons (Fsp3) is 0.409. The van der Waals surface area contributed by atoms with E-state index in [9.17, 15) is 9.59 Å². The van der Waals surface area contributed by atoms with Crippen LogP contribution in [-0.2, 0) is 4.79 Å². The van der Waals surface area contributed by atoms with Crippen LogP contribution in [0.3, 0.4) is 0 Å². The quantitative estimate of drug-likeness (QED) is 0.344. The minimum atomic E-state index is -0.879. The first-order valence-corrected chi connectivity index (χ1v) is 9.83. The first kappa shape index (κ1) is 19.2. The molecule has 0 bridgehead atoms. The van der Waals surface area contributed by atoms with Crippen molar-refractivity contribution in [3.05, 3.63) is 47.5 Å². The zero-order valence-corrected chi connectivity index (χ0v) is 16.9. The molecule has 1 aromatic rings. The maximum absolute atomic E-state index is 12.6. The lowest BCUT2D eigenvalue weighted by Gasteiger charge is -2.20. The molecule has 152 valence electrons. The number of rotatable bonds is 6. The van der Waals surface area contributed by atoms with Crippen molar-refractivity contribution in [3.8, 4) is 11.5 Å². The van der Waals surface area contributed by atoms with E-state index in [1.807, 2.05) is 25.1 Å². The molecule has 3 amide bonds. The molecule has 0 radical (unpaired) electrons. The SMILES string of the molecule is C=N/C(=C\C=C(/C)N1C(=O)N[C@](C)(CC)C1=O)Oc1cccc2c1C1CC1CO2. The summed E-state index contributed by atoms with van der Waals surface area (Å²) < 4.78 is 11.8. The Hall–Kier alpha value is -3.09. The second-order valence-electron chi connectivity index (χ2n) is 7.91. The Bertz CT molecular complexity index is 951. The number of amides is 3. The van der Waals surface area contributed by atoms with Gasteiger partial charge in [0.1, 0.15) is 17.0 Å². The van der Waals surface area contributed by atoms with Gasteiger partial charge >= 0.3 is 6.03 Å². The molecular weight excluding hydrogens is 370 g/mol. The van der Waals surface area contributed by atoms with E-state index < -0.39 is 11.6 Å². The third-order valence-electron chi connectivity index (χ3n) is 5.93. The van der Waals surface area contributed by atoms with Crippen LogP contribution >= 0.6 is 0 Å². The molecule has 2 heterocycles. The first-order valence-electron chi connectivity index (χ1n) is 9.83. The van der Waals surface area contributed by atoms with Crippen molar-refractivity contribution in [2.75, 3.05) is 6.61 Å². The lowest BCUT2D eigenvalue weighted by molar-refractivity contribution is -0.129. The van der Waals surface area contributed by atoms with E-state index in [-0.39, 0.29) is 11.8 Å². The van der Waals surface area contributed by atoms with Crippen molar-refractivity contribution in [1.82, 2.24) is 10.2 Å². The summed E-state index contributed by atoms with van der Waals surface area (Å²) in [5.41, 5.74) is 0.678. The van der Waals surface area contributed by atoms with Gasteiger partial charge < -0.3 is 14.8 Å². The summed E-state index contributed by atoms with van der Waals surface area (Å²) in [5, 5.41) is 2.74. The summed E-state index contributed by atoms with van der Waals surface area (Å²) in [5.74, 6) is 2.60. The molecule has 1 aliphatic carbocycles. The highest BCUT2D eigenvalue weighted by Crippen LogP contribution is 2.56. The number of benzene rings is 1. The Morgan fingerprint density at radius 3 is 2.93 bits per heavy atom. The van der Waals surface area contributed by atoms with Gasteiger partial charge in [-0.3, -0.25) is 4.79 Å². The van der Waals surface area contributed by atoms with Crippen molar-refractivity contribution in [2.24, 2.45) is 10.9 Å². The molecule has 2 aliphatic heterocycles. The van der Waals surface area contributed by atoms with Crippen LogP contribution in [-0.4, -0.2) is 35.7 Å². The molecule has 3 atom stereocenters. The standard InChI is InChI=1S/C22H25N3O4/c1-5-22(3)20(26)25(21(27)24-22)13(2)9-10-18(23-4)29-17-8-6-7-16-19(17)15-11-14(15)12-28-16/h6-10,14-15H,4-5,11-12H2,1-3H3,(H,24,27)/b13-9+,18-10+/t14?,15?,22-/m1/s1. The van der Waals surface area contributed by atoms with Crippen LogP contribution in [0.4, 0.5) is 4.79 Å². The predicted octanol–water partition coefficient (Wildman–Crippen LogP) is 3.73. The molecule has 0 aromatic heterocycles. The zero-order valence-electron chi connectivity index (χ0n) is 16.9. The zero-order chi connectivity index (χ0) is 20.8. The van der Waals surface area contributed by atoms with Gasteiger partial charge in [0.25, 0.3) is 5.91 Å². The summed E-state index contributed by atoms with van der Waals surface area (Å²) in [6.07, 6.45) is 4.87. The number of aliphatic imine (C=N–C) groups is 1. The molecule has 4 rings (SSSR count). The van der Waals surface area contributed by atoms with Gasteiger partial charge in [0.05, 0.1) is 6.61 Å². The second kappa shape index (κ2) is 7.06. The molecule has 0 spiro atoms. The fourth-order valence-electron chi connectivity index (χ4n) is 3.83. The lowest BCUT2D eigenvalue weighted by atomic mass is 9.99. The van der Waals surface area contributed by atoms with E-state index in [4.69, 9.17) is 9.47 Å². The molecule has 1 saturated heterocycles. The van der Waals surface area contributed by atoms with Gasteiger partial charge in [-0.25, -0.2) is 14.7 Å². The normalized spacial score (nSPS) is 28.3. The molecule has 1 aromatic carbocycles. The number of carbonyl (C=O) groups is 2. The average Bonchev–Trinajstić information content (AvgIpc) is 3.46. The number of nitrogens with one attached hydrogen (secondary N) is 1. The third-order valence-corrected chi connectivity index (χ3v) is 5.93. The Morgan fingerprint density at radius 2 is 2.24 bits per heavy atom. The van der Waals surface area contributed by atoms with Crippen LogP contribution in [0.1, 0.15) is 45.1 Å². The maximum Gasteiger partial charge on any atom is 0.329 e. The molecule has 7 heteroatoms. The van der Waals surface area contributed by atoms with Crippen LogP contribution in [0.25, 0.3) is 0 Å². The van der Waals surface area contributed by atoms with Gasteiger partial charge in [-0.05, 0) is 57.5 Å². The van der Waals surface area contributed by atoms with E-state index in [0.29, 0.717) is 29.7 Å². The van der Waals surface area contributed by atoms with Gasteiger partial charge in [-0.15, -0.1) is 0 Å². The summed E-state index contributed by atoms with van der Waals surface area (Å²) >= 11 is 0. The highest BCUT2D eigenvalue weighted by atomic mass is 16.5. The van der Waals surface area contributed by atoms with Crippen molar-refractivity contribution >= 4 is 18.7 Å². The van der Waals surface area contributed by atoms with Crippen molar-refractivity contribution in [3.63, 3.8) is 0 Å². The van der Waals surface area contributed by atoms with Crippen LogP contribution in [0.15, 0.2) is 46.9 Å². The molecule has 29 heavy (non-hydrogen) atoms. The number of nitrogens with zero attached hydrogens (tertiary/aromatic N) is 2. The highest BCUT2D eigenvalue weighted by Gasteiger charge is 2.47. The second-order valence-corrected chi connectivity index (χ2v) is 7.91. The maximum atomic E-state index is 12.6. The molecule has 1 saturated carbocycles. The van der Waals surface area contributed by atoms with Crippen LogP contribution in [0.5, 0.6) is 11.5 Å². The number of allylic oxidation sites excluding steroid dienone is 3. The van der Waals surface area contributed by atoms with Crippen LogP contribution in [0.2, 0.25) is 0 Å². The average molecular weight is 395 g/mol. The number of imide groups is 1. The Balaban J connectivity index is 1.56. The summed E-state index contributed by atoms with van der Waals surface area (Å²) in [4.78, 5) is 30.0. The van der Waals surface area contributed by atoms with E-state index in [0.717, 1.165) is 29.2 Å². The van der Waals surface area contributed by atoms with Gasteiger partial charge in [0.2, 0.25) is 5.88 Å². The smallest absolute Gasteiger partial charge is 0.329 e. The van der Waals surface area contributed by atoms with E-state index in [1.165, 1.54) is 0 Å².